The van der Waals surface area contributed by atoms with Gasteiger partial charge in [-0.05, 0) is 49.9 Å². The van der Waals surface area contributed by atoms with Crippen LogP contribution in [-0.2, 0) is 6.42 Å². The topological polar surface area (TPSA) is 72.1 Å². The molecule has 1 fully saturated rings. The minimum atomic E-state index is -0.171. The van der Waals surface area contributed by atoms with Crippen molar-refractivity contribution in [1.82, 2.24) is 19.9 Å². The van der Waals surface area contributed by atoms with Gasteiger partial charge in [0.05, 0.1) is 6.20 Å². The largest absolute Gasteiger partial charge is 0.443 e. The highest BCUT2D eigenvalue weighted by atomic mass is 35.5. The molecule has 3 heterocycles. The van der Waals surface area contributed by atoms with Crippen molar-refractivity contribution in [2.45, 2.75) is 38.6 Å². The van der Waals surface area contributed by atoms with Crippen molar-refractivity contribution in [3.05, 3.63) is 76.5 Å². The third kappa shape index (κ3) is 4.07. The summed E-state index contributed by atoms with van der Waals surface area (Å²) in [6.45, 7) is 2.45. The second-order valence-corrected chi connectivity index (χ2v) is 7.40. The zero-order valence-electron chi connectivity index (χ0n) is 15.6. The van der Waals surface area contributed by atoms with Crippen LogP contribution >= 0.6 is 11.6 Å². The third-order valence-corrected chi connectivity index (χ3v) is 5.16. The molecule has 1 aliphatic rings. The fraction of sp³-hybridized carbons (Fsp3) is 0.333. The van der Waals surface area contributed by atoms with Crippen LogP contribution in [0.2, 0.25) is 5.02 Å². The highest BCUT2D eigenvalue weighted by Crippen LogP contribution is 2.32. The number of rotatable bonds is 4. The first-order valence-corrected chi connectivity index (χ1v) is 9.77. The van der Waals surface area contributed by atoms with Crippen LogP contribution in [0, 0.1) is 6.92 Å². The maximum atomic E-state index is 13.0. The van der Waals surface area contributed by atoms with Crippen molar-refractivity contribution in [1.29, 1.82) is 0 Å². The van der Waals surface area contributed by atoms with Gasteiger partial charge in [0, 0.05) is 24.2 Å². The van der Waals surface area contributed by atoms with Gasteiger partial charge < -0.3 is 9.32 Å². The maximum Gasteiger partial charge on any atom is 0.273 e. The van der Waals surface area contributed by atoms with Gasteiger partial charge >= 0.3 is 0 Å². The van der Waals surface area contributed by atoms with Crippen molar-refractivity contribution in [2.75, 3.05) is 6.54 Å². The average Bonchev–Trinajstić information content (AvgIpc) is 3.17. The molecule has 0 aliphatic carbocycles. The molecule has 0 radical (unpaired) electrons. The first-order chi connectivity index (χ1) is 13.6. The van der Waals surface area contributed by atoms with Gasteiger partial charge in [0.2, 0.25) is 5.89 Å². The Bertz CT molecular complexity index is 971. The van der Waals surface area contributed by atoms with Crippen LogP contribution in [0.25, 0.3) is 0 Å². The number of halogens is 1. The molecule has 0 bridgehead atoms. The van der Waals surface area contributed by atoms with Crippen LogP contribution in [0.3, 0.4) is 0 Å². The molecule has 0 spiro atoms. The Kier molecular flexibility index (Phi) is 5.39. The third-order valence-electron chi connectivity index (χ3n) is 4.91. The second kappa shape index (κ2) is 8.10. The van der Waals surface area contributed by atoms with Gasteiger partial charge in [-0.1, -0.05) is 23.7 Å². The van der Waals surface area contributed by atoms with E-state index in [4.69, 9.17) is 16.0 Å². The molecule has 1 aromatic carbocycles. The Balaban J connectivity index is 1.54. The first-order valence-electron chi connectivity index (χ1n) is 9.40. The number of piperidine rings is 1. The second-order valence-electron chi connectivity index (χ2n) is 6.97. The molecule has 144 valence electrons. The van der Waals surface area contributed by atoms with Crippen molar-refractivity contribution >= 4 is 17.5 Å². The molecule has 1 aliphatic heterocycles. The van der Waals surface area contributed by atoms with Crippen LogP contribution < -0.4 is 0 Å². The van der Waals surface area contributed by atoms with Gasteiger partial charge in [0.15, 0.2) is 0 Å². The summed E-state index contributed by atoms with van der Waals surface area (Å²) in [5, 5.41) is 0.707. The summed E-state index contributed by atoms with van der Waals surface area (Å²) in [4.78, 5) is 27.7. The lowest BCUT2D eigenvalue weighted by molar-refractivity contribution is 0.0563. The number of amides is 1. The molecule has 0 N–H and O–H groups in total. The monoisotopic (exact) mass is 396 g/mol. The standard InChI is InChI=1S/C21H21ClN4O2/c1-14-23-10-9-18(25-14)21(27)26-11-3-2-4-19(26)20-24-13-17(28-20)12-15-5-7-16(22)8-6-15/h5-10,13,19H,2-4,11-12H2,1H3/t19-/m0/s1. The highest BCUT2D eigenvalue weighted by Gasteiger charge is 2.32. The van der Waals surface area contributed by atoms with Crippen LogP contribution in [-0.4, -0.2) is 32.3 Å². The van der Waals surface area contributed by atoms with Crippen molar-refractivity contribution in [3.63, 3.8) is 0 Å². The van der Waals surface area contributed by atoms with E-state index in [1.165, 1.54) is 0 Å². The van der Waals surface area contributed by atoms with E-state index in [0.29, 0.717) is 35.4 Å². The predicted octanol–water partition coefficient (Wildman–Crippen LogP) is 4.38. The van der Waals surface area contributed by atoms with Crippen LogP contribution in [0.4, 0.5) is 0 Å². The summed E-state index contributed by atoms with van der Waals surface area (Å²) in [5.74, 6) is 1.84. The van der Waals surface area contributed by atoms with Gasteiger partial charge in [0.1, 0.15) is 23.3 Å². The minimum absolute atomic E-state index is 0.104. The van der Waals surface area contributed by atoms with Gasteiger partial charge in [0.25, 0.3) is 5.91 Å². The molecule has 0 saturated carbocycles. The number of benzene rings is 1. The van der Waals surface area contributed by atoms with Crippen LogP contribution in [0.5, 0.6) is 0 Å². The minimum Gasteiger partial charge on any atom is -0.443 e. The summed E-state index contributed by atoms with van der Waals surface area (Å²) in [6.07, 6.45) is 6.82. The molecule has 1 amide bonds. The number of carbonyl (C=O) groups is 1. The summed E-state index contributed by atoms with van der Waals surface area (Å²) < 4.78 is 6.03. The highest BCUT2D eigenvalue weighted by molar-refractivity contribution is 6.30. The van der Waals surface area contributed by atoms with E-state index in [9.17, 15) is 4.79 Å². The molecule has 4 rings (SSSR count). The number of carbonyl (C=O) groups excluding carboxylic acids is 1. The van der Waals surface area contributed by atoms with Gasteiger partial charge in [-0.2, -0.15) is 0 Å². The van der Waals surface area contributed by atoms with Crippen molar-refractivity contribution in [2.24, 2.45) is 0 Å². The number of likely N-dealkylation sites (tertiary alicyclic amines) is 1. The number of aryl methyl sites for hydroxylation is 1. The van der Waals surface area contributed by atoms with Gasteiger partial charge in [-0.25, -0.2) is 15.0 Å². The maximum absolute atomic E-state index is 13.0. The fourth-order valence-corrected chi connectivity index (χ4v) is 3.64. The lowest BCUT2D eigenvalue weighted by Crippen LogP contribution is -2.39. The zero-order valence-corrected chi connectivity index (χ0v) is 16.4. The van der Waals surface area contributed by atoms with E-state index in [1.54, 1.807) is 25.4 Å². The van der Waals surface area contributed by atoms with Crippen molar-refractivity contribution in [3.8, 4) is 0 Å². The summed E-state index contributed by atoms with van der Waals surface area (Å²) in [6, 6.07) is 9.15. The Morgan fingerprint density at radius 2 is 2.04 bits per heavy atom. The van der Waals surface area contributed by atoms with E-state index in [-0.39, 0.29) is 11.9 Å². The summed E-state index contributed by atoms with van der Waals surface area (Å²) in [5.41, 5.74) is 1.51. The predicted molar refractivity (Wildman–Crippen MR) is 105 cm³/mol. The molecule has 0 unspecified atom stereocenters. The average molecular weight is 397 g/mol. The molecular weight excluding hydrogens is 376 g/mol. The Morgan fingerprint density at radius 3 is 2.82 bits per heavy atom. The van der Waals surface area contributed by atoms with Crippen LogP contribution in [0.1, 0.15) is 58.8 Å². The smallest absolute Gasteiger partial charge is 0.273 e. The Hall–Kier alpha value is -2.73. The fourth-order valence-electron chi connectivity index (χ4n) is 3.52. The number of hydrogen-bond acceptors (Lipinski definition) is 5. The molecule has 3 aromatic rings. The molecule has 28 heavy (non-hydrogen) atoms. The summed E-state index contributed by atoms with van der Waals surface area (Å²) >= 11 is 5.94. The molecule has 6 nitrogen and oxygen atoms in total. The van der Waals surface area contributed by atoms with E-state index in [1.807, 2.05) is 29.2 Å². The number of oxazole rings is 1. The molecule has 1 saturated heterocycles. The van der Waals surface area contributed by atoms with E-state index in [0.717, 1.165) is 30.6 Å². The number of aromatic nitrogens is 3. The quantitative estimate of drug-likeness (QED) is 0.654. The Labute approximate surface area is 168 Å². The van der Waals surface area contributed by atoms with Gasteiger partial charge in [-0.15, -0.1) is 0 Å². The SMILES string of the molecule is Cc1nccc(C(=O)N2CCCC[C@H]2c2ncc(Cc3ccc(Cl)cc3)o2)n1. The Morgan fingerprint density at radius 1 is 1.21 bits per heavy atom. The van der Waals surface area contributed by atoms with Crippen molar-refractivity contribution < 1.29 is 9.21 Å². The zero-order chi connectivity index (χ0) is 19.5. The molecule has 7 heteroatoms. The molecule has 2 aromatic heterocycles. The summed E-state index contributed by atoms with van der Waals surface area (Å²) in [7, 11) is 0. The van der Waals surface area contributed by atoms with E-state index in [2.05, 4.69) is 15.0 Å². The van der Waals surface area contributed by atoms with E-state index >= 15 is 0 Å². The number of hydrogen-bond donors (Lipinski definition) is 0. The molecule has 1 atom stereocenters. The number of nitrogens with zero attached hydrogens (tertiary/aromatic N) is 4. The first kappa shape index (κ1) is 18.6. The normalized spacial score (nSPS) is 16.9. The lowest BCUT2D eigenvalue weighted by Gasteiger charge is -2.33. The lowest BCUT2D eigenvalue weighted by atomic mass is 10.0. The van der Waals surface area contributed by atoms with E-state index < -0.39 is 0 Å². The van der Waals surface area contributed by atoms with Crippen LogP contribution in [0.15, 0.2) is 47.1 Å². The molecular formula is C21H21ClN4O2. The van der Waals surface area contributed by atoms with Gasteiger partial charge in [-0.3, -0.25) is 4.79 Å².